The highest BCUT2D eigenvalue weighted by Crippen LogP contribution is 2.66. The number of aliphatic hydroxyl groups is 1. The number of aliphatic hydroxyl groups excluding tert-OH is 1. The molecule has 21 heavy (non-hydrogen) atoms. The molecule has 2 rings (SSSR count). The second kappa shape index (κ2) is 7.16. The summed E-state index contributed by atoms with van der Waals surface area (Å²) in [5, 5.41) is 13.3. The van der Waals surface area contributed by atoms with Crippen molar-refractivity contribution in [2.24, 2.45) is 22.7 Å². The second-order valence-electron chi connectivity index (χ2n) is 8.14. The van der Waals surface area contributed by atoms with E-state index in [1.165, 1.54) is 19.3 Å². The van der Waals surface area contributed by atoms with E-state index >= 15 is 0 Å². The van der Waals surface area contributed by atoms with Crippen LogP contribution in [0.5, 0.6) is 0 Å². The molecule has 2 bridgehead atoms. The van der Waals surface area contributed by atoms with Gasteiger partial charge >= 0.3 is 0 Å². The van der Waals surface area contributed by atoms with E-state index in [-0.39, 0.29) is 18.5 Å². The van der Waals surface area contributed by atoms with Crippen molar-refractivity contribution in [1.82, 2.24) is 5.32 Å². The quantitative estimate of drug-likeness (QED) is 0.757. The van der Waals surface area contributed by atoms with Gasteiger partial charge < -0.3 is 15.2 Å². The summed E-state index contributed by atoms with van der Waals surface area (Å²) in [7, 11) is 0. The van der Waals surface area contributed by atoms with Gasteiger partial charge in [-0.05, 0) is 48.5 Å². The van der Waals surface area contributed by atoms with Gasteiger partial charge in [0, 0.05) is 6.54 Å². The topological polar surface area (TPSA) is 41.5 Å². The molecule has 2 saturated carbocycles. The van der Waals surface area contributed by atoms with E-state index in [4.69, 9.17) is 4.74 Å². The Morgan fingerprint density at radius 2 is 1.90 bits per heavy atom. The molecule has 4 heteroatoms. The lowest BCUT2D eigenvalue weighted by Crippen LogP contribution is -2.40. The molecule has 0 aromatic heterocycles. The Hall–Kier alpha value is 0.170. The molecule has 0 aromatic carbocycles. The van der Waals surface area contributed by atoms with Gasteiger partial charge in [-0.1, -0.05) is 34.6 Å². The van der Waals surface area contributed by atoms with Gasteiger partial charge in [0.25, 0.3) is 0 Å². The molecule has 0 amide bonds. The number of nitrogens with one attached hydrogen (secondary N) is 1. The number of halogens is 1. The standard InChI is InChI=1S/C17H33NO2.ClH/c1-12(2)9-18-10-14(19)11-20-15-8-13-6-7-17(15,5)16(13,3)4;/h12-15,18-19H,6-11H2,1-5H3;1H. The second-order valence-corrected chi connectivity index (χ2v) is 8.14. The summed E-state index contributed by atoms with van der Waals surface area (Å²) in [6, 6.07) is 0. The van der Waals surface area contributed by atoms with Crippen LogP contribution < -0.4 is 5.32 Å². The average molecular weight is 320 g/mol. The molecule has 0 aromatic rings. The maximum Gasteiger partial charge on any atom is 0.0897 e. The fourth-order valence-electron chi connectivity index (χ4n) is 4.21. The van der Waals surface area contributed by atoms with Crippen LogP contribution >= 0.6 is 12.4 Å². The van der Waals surface area contributed by atoms with Crippen LogP contribution in [0.1, 0.15) is 53.9 Å². The molecule has 0 saturated heterocycles. The normalized spacial score (nSPS) is 35.0. The zero-order valence-electron chi connectivity index (χ0n) is 14.3. The highest BCUT2D eigenvalue weighted by molar-refractivity contribution is 5.85. The van der Waals surface area contributed by atoms with Crippen molar-refractivity contribution in [2.75, 3.05) is 19.7 Å². The van der Waals surface area contributed by atoms with Crippen molar-refractivity contribution in [3.8, 4) is 0 Å². The summed E-state index contributed by atoms with van der Waals surface area (Å²) in [6.07, 6.45) is 3.74. The maximum absolute atomic E-state index is 10.0. The van der Waals surface area contributed by atoms with Gasteiger partial charge in [0.15, 0.2) is 0 Å². The Labute approximate surface area is 136 Å². The molecule has 4 atom stereocenters. The summed E-state index contributed by atoms with van der Waals surface area (Å²) in [5.74, 6) is 1.42. The van der Waals surface area contributed by atoms with E-state index in [0.717, 1.165) is 12.5 Å². The number of fused-ring (bicyclic) bond motifs is 2. The first kappa shape index (κ1) is 19.2. The smallest absolute Gasteiger partial charge is 0.0897 e. The Morgan fingerprint density at radius 3 is 2.38 bits per heavy atom. The zero-order chi connectivity index (χ0) is 15.0. The van der Waals surface area contributed by atoms with Crippen molar-refractivity contribution in [3.05, 3.63) is 0 Å². The fourth-order valence-corrected chi connectivity index (χ4v) is 4.21. The summed E-state index contributed by atoms with van der Waals surface area (Å²) in [6.45, 7) is 13.6. The lowest BCUT2D eigenvalue weighted by molar-refractivity contribution is -0.0742. The Bertz CT molecular complexity index is 335. The predicted octanol–water partition coefficient (Wildman–Crippen LogP) is 3.25. The van der Waals surface area contributed by atoms with Gasteiger partial charge in [-0.2, -0.15) is 0 Å². The highest BCUT2D eigenvalue weighted by atomic mass is 35.5. The van der Waals surface area contributed by atoms with Crippen LogP contribution in [-0.4, -0.2) is 37.0 Å². The minimum atomic E-state index is -0.389. The summed E-state index contributed by atoms with van der Waals surface area (Å²) in [4.78, 5) is 0. The third-order valence-corrected chi connectivity index (χ3v) is 6.14. The molecular formula is C17H34ClNO2. The molecule has 2 N–H and O–H groups in total. The van der Waals surface area contributed by atoms with E-state index in [9.17, 15) is 5.11 Å². The molecule has 0 spiro atoms. The monoisotopic (exact) mass is 319 g/mol. The Kier molecular flexibility index (Phi) is 6.55. The maximum atomic E-state index is 10.0. The summed E-state index contributed by atoms with van der Waals surface area (Å²) in [5.41, 5.74) is 0.682. The van der Waals surface area contributed by atoms with Gasteiger partial charge in [0.05, 0.1) is 18.8 Å². The van der Waals surface area contributed by atoms with Gasteiger partial charge in [0.2, 0.25) is 0 Å². The van der Waals surface area contributed by atoms with Crippen LogP contribution in [0.25, 0.3) is 0 Å². The average Bonchev–Trinajstić information content (AvgIpc) is 2.68. The third-order valence-electron chi connectivity index (χ3n) is 6.14. The Morgan fingerprint density at radius 1 is 1.24 bits per heavy atom. The van der Waals surface area contributed by atoms with Gasteiger partial charge in [-0.3, -0.25) is 0 Å². The third kappa shape index (κ3) is 3.74. The number of ether oxygens (including phenoxy) is 1. The van der Waals surface area contributed by atoms with Crippen LogP contribution in [-0.2, 0) is 4.74 Å². The van der Waals surface area contributed by atoms with Crippen LogP contribution in [0.2, 0.25) is 0 Å². The fraction of sp³-hybridized carbons (Fsp3) is 1.00. The minimum absolute atomic E-state index is 0. The summed E-state index contributed by atoms with van der Waals surface area (Å²) >= 11 is 0. The van der Waals surface area contributed by atoms with E-state index in [2.05, 4.69) is 39.9 Å². The molecule has 3 nitrogen and oxygen atoms in total. The SMILES string of the molecule is CC(C)CNCC(O)COC1CC2CCC1(C)C2(C)C.Cl. The van der Waals surface area contributed by atoms with Gasteiger partial charge in [0.1, 0.15) is 0 Å². The molecule has 0 radical (unpaired) electrons. The zero-order valence-corrected chi connectivity index (χ0v) is 15.1. The van der Waals surface area contributed by atoms with Crippen LogP contribution in [0.4, 0.5) is 0 Å². The largest absolute Gasteiger partial charge is 0.389 e. The molecule has 2 fully saturated rings. The number of hydrogen-bond acceptors (Lipinski definition) is 3. The minimum Gasteiger partial charge on any atom is -0.389 e. The van der Waals surface area contributed by atoms with Crippen molar-refractivity contribution >= 4 is 12.4 Å². The predicted molar refractivity (Wildman–Crippen MR) is 89.9 cm³/mol. The molecule has 126 valence electrons. The van der Waals surface area contributed by atoms with E-state index < -0.39 is 0 Å². The molecular weight excluding hydrogens is 286 g/mol. The lowest BCUT2D eigenvalue weighted by atomic mass is 9.70. The van der Waals surface area contributed by atoms with Crippen molar-refractivity contribution in [3.63, 3.8) is 0 Å². The van der Waals surface area contributed by atoms with Crippen LogP contribution in [0.3, 0.4) is 0 Å². The molecule has 2 aliphatic rings. The van der Waals surface area contributed by atoms with Crippen LogP contribution in [0, 0.1) is 22.7 Å². The first-order valence-electron chi connectivity index (χ1n) is 8.27. The van der Waals surface area contributed by atoms with E-state index in [0.29, 0.717) is 36.0 Å². The van der Waals surface area contributed by atoms with Crippen molar-refractivity contribution < 1.29 is 9.84 Å². The van der Waals surface area contributed by atoms with Gasteiger partial charge in [-0.25, -0.2) is 0 Å². The first-order chi connectivity index (χ1) is 9.27. The number of hydrogen-bond donors (Lipinski definition) is 2. The van der Waals surface area contributed by atoms with Crippen molar-refractivity contribution in [2.45, 2.75) is 66.1 Å². The number of rotatable bonds is 7. The van der Waals surface area contributed by atoms with Gasteiger partial charge in [-0.15, -0.1) is 12.4 Å². The molecule has 0 heterocycles. The van der Waals surface area contributed by atoms with E-state index in [1.807, 2.05) is 0 Å². The molecule has 4 unspecified atom stereocenters. The Balaban J connectivity index is 0.00000220. The van der Waals surface area contributed by atoms with Crippen LogP contribution in [0.15, 0.2) is 0 Å². The lowest BCUT2D eigenvalue weighted by Gasteiger charge is -2.39. The summed E-state index contributed by atoms with van der Waals surface area (Å²) < 4.78 is 6.10. The van der Waals surface area contributed by atoms with E-state index in [1.54, 1.807) is 0 Å². The molecule has 0 aliphatic heterocycles. The van der Waals surface area contributed by atoms with Crippen molar-refractivity contribution in [1.29, 1.82) is 0 Å². The molecule has 2 aliphatic carbocycles. The highest BCUT2D eigenvalue weighted by Gasteiger charge is 2.61. The first-order valence-corrected chi connectivity index (χ1v) is 8.27.